The van der Waals surface area contributed by atoms with Gasteiger partial charge >= 0.3 is 0 Å². The fraction of sp³-hybridized carbons (Fsp3) is 0.619. The summed E-state index contributed by atoms with van der Waals surface area (Å²) in [5.74, 6) is 3.17. The molecule has 2 aliphatic heterocycles. The zero-order valence-electron chi connectivity index (χ0n) is 18.8. The molecule has 2 saturated heterocycles. The summed E-state index contributed by atoms with van der Waals surface area (Å²) in [4.78, 5) is 28.1. The van der Waals surface area contributed by atoms with Crippen LogP contribution in [0.5, 0.6) is 0 Å². The maximum absolute atomic E-state index is 12.7. The van der Waals surface area contributed by atoms with Crippen molar-refractivity contribution in [3.8, 4) is 11.6 Å². The minimum absolute atomic E-state index is 0. The number of nitrogens with zero attached hydrogens (tertiary/aromatic N) is 6. The first-order chi connectivity index (χ1) is 15.2. The number of piperazine rings is 1. The number of H-pyrrole nitrogens is 1. The molecule has 1 amide bonds. The van der Waals surface area contributed by atoms with Gasteiger partial charge in [-0.3, -0.25) is 19.8 Å². The molecule has 2 aliphatic rings. The predicted octanol–water partition coefficient (Wildman–Crippen LogP) is 1.43. The van der Waals surface area contributed by atoms with Gasteiger partial charge in [-0.1, -0.05) is 0 Å². The largest absolute Gasteiger partial charge is 0.461 e. The van der Waals surface area contributed by atoms with Crippen LogP contribution in [0.4, 0.5) is 0 Å². The van der Waals surface area contributed by atoms with Crippen LogP contribution in [0.1, 0.15) is 25.6 Å². The summed E-state index contributed by atoms with van der Waals surface area (Å²) in [5.41, 5.74) is 0. The second-order valence-electron chi connectivity index (χ2n) is 8.04. The van der Waals surface area contributed by atoms with Crippen LogP contribution in [0.25, 0.3) is 11.6 Å². The Balaban J connectivity index is 0.00000289. The highest BCUT2D eigenvalue weighted by Gasteiger charge is 2.30. The summed E-state index contributed by atoms with van der Waals surface area (Å²) in [6, 6.07) is 3.61. The van der Waals surface area contributed by atoms with E-state index < -0.39 is 0 Å². The lowest BCUT2D eigenvalue weighted by Gasteiger charge is -2.39. The van der Waals surface area contributed by atoms with Gasteiger partial charge in [0.05, 0.1) is 12.3 Å². The van der Waals surface area contributed by atoms with Crippen molar-refractivity contribution in [3.63, 3.8) is 0 Å². The SMILES string of the molecule is CN=C(NCCc1nc(-c2ccco2)n[nH]1)N1CCN(C(C)C(=O)N2CCCC2)CC1.I. The maximum Gasteiger partial charge on any atom is 0.239 e. The van der Waals surface area contributed by atoms with Gasteiger partial charge in [0.25, 0.3) is 0 Å². The number of furan rings is 1. The molecule has 0 aliphatic carbocycles. The van der Waals surface area contributed by atoms with Crippen molar-refractivity contribution in [3.05, 3.63) is 24.2 Å². The molecule has 2 N–H and O–H groups in total. The standard InChI is InChI=1S/C21H32N8O2.HI/c1-16(20(30)28-9-3-4-10-28)27-11-13-29(14-12-27)21(22-2)23-8-7-18-24-19(26-25-18)17-6-5-15-31-17;/h5-6,15-16H,3-4,7-14H2,1-2H3,(H,22,23)(H,24,25,26);1H. The predicted molar refractivity (Wildman–Crippen MR) is 133 cm³/mol. The second kappa shape index (κ2) is 11.6. The van der Waals surface area contributed by atoms with Gasteiger partial charge in [-0.25, -0.2) is 4.98 Å². The highest BCUT2D eigenvalue weighted by Crippen LogP contribution is 2.15. The minimum Gasteiger partial charge on any atom is -0.461 e. The van der Waals surface area contributed by atoms with E-state index in [2.05, 4.69) is 35.3 Å². The number of carbonyl (C=O) groups excluding carboxylic acids is 1. The third-order valence-electron chi connectivity index (χ3n) is 6.07. The van der Waals surface area contributed by atoms with Gasteiger partial charge in [0.2, 0.25) is 11.7 Å². The average molecular weight is 556 g/mol. The zero-order chi connectivity index (χ0) is 21.6. The van der Waals surface area contributed by atoms with E-state index in [9.17, 15) is 4.79 Å². The zero-order valence-corrected chi connectivity index (χ0v) is 21.1. The van der Waals surface area contributed by atoms with Crippen molar-refractivity contribution >= 4 is 35.8 Å². The number of nitrogens with one attached hydrogen (secondary N) is 2. The number of guanidine groups is 1. The van der Waals surface area contributed by atoms with Gasteiger partial charge in [-0.2, -0.15) is 5.10 Å². The first kappa shape index (κ1) is 24.5. The molecule has 32 heavy (non-hydrogen) atoms. The number of halogens is 1. The molecule has 4 heterocycles. The molecule has 0 saturated carbocycles. The van der Waals surface area contributed by atoms with Crippen molar-refractivity contribution in [2.24, 2.45) is 4.99 Å². The topological polar surface area (TPSA) is 106 Å². The second-order valence-corrected chi connectivity index (χ2v) is 8.04. The first-order valence-electron chi connectivity index (χ1n) is 11.1. The summed E-state index contributed by atoms with van der Waals surface area (Å²) in [7, 11) is 1.80. The van der Waals surface area contributed by atoms with Gasteiger partial charge in [-0.15, -0.1) is 24.0 Å². The fourth-order valence-electron chi connectivity index (χ4n) is 4.23. The molecule has 11 heteroatoms. The van der Waals surface area contributed by atoms with E-state index in [0.717, 1.165) is 63.9 Å². The number of aromatic amines is 1. The molecule has 0 radical (unpaired) electrons. The van der Waals surface area contributed by atoms with E-state index in [1.165, 1.54) is 0 Å². The number of hydrogen-bond acceptors (Lipinski definition) is 6. The van der Waals surface area contributed by atoms with Crippen LogP contribution in [0.2, 0.25) is 0 Å². The fourth-order valence-corrected chi connectivity index (χ4v) is 4.23. The van der Waals surface area contributed by atoms with Gasteiger partial charge < -0.3 is 19.5 Å². The summed E-state index contributed by atoms with van der Waals surface area (Å²) in [6.45, 7) is 7.97. The molecule has 10 nitrogen and oxygen atoms in total. The van der Waals surface area contributed by atoms with Gasteiger partial charge in [0, 0.05) is 59.3 Å². The lowest BCUT2D eigenvalue weighted by molar-refractivity contribution is -0.135. The quantitative estimate of drug-likeness (QED) is 0.315. The number of aliphatic imine (C=N–C) groups is 1. The molecule has 1 atom stereocenters. The van der Waals surface area contributed by atoms with Crippen LogP contribution in [-0.2, 0) is 11.2 Å². The Hall–Kier alpha value is -2.15. The highest BCUT2D eigenvalue weighted by atomic mass is 127. The van der Waals surface area contributed by atoms with E-state index in [1.807, 2.05) is 24.0 Å². The third kappa shape index (κ3) is 5.80. The van der Waals surface area contributed by atoms with Gasteiger partial charge in [0.1, 0.15) is 5.82 Å². The normalized spacial score (nSPS) is 18.5. The molecule has 176 valence electrons. The Labute approximate surface area is 205 Å². The lowest BCUT2D eigenvalue weighted by Crippen LogP contribution is -2.57. The van der Waals surface area contributed by atoms with E-state index in [-0.39, 0.29) is 35.9 Å². The van der Waals surface area contributed by atoms with Crippen molar-refractivity contribution in [1.82, 2.24) is 35.2 Å². The van der Waals surface area contributed by atoms with Crippen LogP contribution in [0.15, 0.2) is 27.8 Å². The maximum atomic E-state index is 12.7. The van der Waals surface area contributed by atoms with E-state index in [0.29, 0.717) is 24.6 Å². The van der Waals surface area contributed by atoms with E-state index in [4.69, 9.17) is 4.42 Å². The van der Waals surface area contributed by atoms with Crippen LogP contribution >= 0.6 is 24.0 Å². The molecule has 4 rings (SSSR count). The highest BCUT2D eigenvalue weighted by molar-refractivity contribution is 14.0. The van der Waals surface area contributed by atoms with Crippen LogP contribution in [0, 0.1) is 0 Å². The van der Waals surface area contributed by atoms with Crippen molar-refractivity contribution in [2.75, 3.05) is 52.9 Å². The summed E-state index contributed by atoms with van der Waals surface area (Å²) < 4.78 is 5.33. The number of carbonyl (C=O) groups is 1. The Kier molecular flexibility index (Phi) is 8.91. The van der Waals surface area contributed by atoms with Crippen molar-refractivity contribution < 1.29 is 9.21 Å². The van der Waals surface area contributed by atoms with E-state index in [1.54, 1.807) is 13.3 Å². The number of hydrogen-bond donors (Lipinski definition) is 2. The Morgan fingerprint density at radius 3 is 2.62 bits per heavy atom. The molecule has 0 bridgehead atoms. The molecule has 2 aromatic heterocycles. The van der Waals surface area contributed by atoms with Gasteiger partial charge in [-0.05, 0) is 31.9 Å². The molecule has 1 unspecified atom stereocenters. The number of aromatic nitrogens is 3. The monoisotopic (exact) mass is 556 g/mol. The number of likely N-dealkylation sites (tertiary alicyclic amines) is 1. The van der Waals surface area contributed by atoms with E-state index >= 15 is 0 Å². The molecule has 2 fully saturated rings. The van der Waals surface area contributed by atoms with Crippen LogP contribution in [-0.4, -0.2) is 101 Å². The summed E-state index contributed by atoms with van der Waals surface area (Å²) in [6.07, 6.45) is 4.58. The Bertz CT molecular complexity index is 870. The van der Waals surface area contributed by atoms with Gasteiger partial charge in [0.15, 0.2) is 11.7 Å². The average Bonchev–Trinajstić information content (AvgIpc) is 3.58. The Morgan fingerprint density at radius 2 is 1.97 bits per heavy atom. The Morgan fingerprint density at radius 1 is 1.22 bits per heavy atom. The van der Waals surface area contributed by atoms with Crippen molar-refractivity contribution in [2.45, 2.75) is 32.2 Å². The number of rotatable bonds is 6. The molecular formula is C21H33IN8O2. The molecular weight excluding hydrogens is 523 g/mol. The first-order valence-corrected chi connectivity index (χ1v) is 11.1. The lowest BCUT2D eigenvalue weighted by atomic mass is 10.2. The summed E-state index contributed by atoms with van der Waals surface area (Å²) >= 11 is 0. The third-order valence-corrected chi connectivity index (χ3v) is 6.07. The molecule has 0 spiro atoms. The van der Waals surface area contributed by atoms with Crippen LogP contribution < -0.4 is 5.32 Å². The molecule has 0 aromatic carbocycles. The van der Waals surface area contributed by atoms with Crippen molar-refractivity contribution in [1.29, 1.82) is 0 Å². The molecule has 2 aromatic rings. The number of amides is 1. The minimum atomic E-state index is -0.0509. The summed E-state index contributed by atoms with van der Waals surface area (Å²) in [5, 5.41) is 10.6. The smallest absolute Gasteiger partial charge is 0.239 e. The van der Waals surface area contributed by atoms with Crippen LogP contribution in [0.3, 0.4) is 0 Å².